The summed E-state index contributed by atoms with van der Waals surface area (Å²) in [6.45, 7) is 8.82. The number of rotatable bonds is 3. The van der Waals surface area contributed by atoms with Crippen molar-refractivity contribution >= 4 is 35.1 Å². The second-order valence-electron chi connectivity index (χ2n) is 8.22. The Bertz CT molecular complexity index is 541. The quantitative estimate of drug-likeness (QED) is 0.478. The summed E-state index contributed by atoms with van der Waals surface area (Å²) in [5.41, 5.74) is -1.48. The van der Waals surface area contributed by atoms with Gasteiger partial charge in [-0.25, -0.2) is 0 Å². The molecule has 2 saturated heterocycles. The molecule has 0 amide bonds. The minimum Gasteiger partial charge on any atom is -0.481 e. The molecule has 2 aliphatic heterocycles. The van der Waals surface area contributed by atoms with Gasteiger partial charge in [0, 0.05) is 52.4 Å². The molecule has 0 aromatic carbocycles. The van der Waals surface area contributed by atoms with E-state index in [9.17, 15) is 19.8 Å². The van der Waals surface area contributed by atoms with Gasteiger partial charge >= 0.3 is 11.9 Å². The maximum absolute atomic E-state index is 11.8. The van der Waals surface area contributed by atoms with Gasteiger partial charge in [0.05, 0.1) is 5.92 Å². The fourth-order valence-corrected chi connectivity index (χ4v) is 4.36. The smallest absolute Gasteiger partial charge is 0.312 e. The number of likely N-dealkylation sites (N-methyl/N-ethyl adjacent to an activating group) is 2. The Morgan fingerprint density at radius 2 is 1.40 bits per heavy atom. The lowest BCUT2D eigenvalue weighted by Crippen LogP contribution is -2.56. The third-order valence-corrected chi connectivity index (χ3v) is 6.90. The lowest BCUT2D eigenvalue weighted by Gasteiger charge is -2.41. The highest BCUT2D eigenvalue weighted by Crippen LogP contribution is 2.26. The van der Waals surface area contributed by atoms with E-state index in [2.05, 4.69) is 18.7 Å². The Morgan fingerprint density at radius 1 is 0.833 bits per heavy atom. The molecule has 2 aliphatic rings. The number of unbranched alkanes of at least 4 members (excludes halogenated alkanes) is 1. The highest BCUT2D eigenvalue weighted by molar-refractivity contribution is 6.25. The molecule has 0 aromatic heterocycles. The minimum absolute atomic E-state index is 0.447. The summed E-state index contributed by atoms with van der Waals surface area (Å²) >= 11 is 13.0. The molecular formula is C20H38Cl2N4O4. The minimum atomic E-state index is -1.01. The van der Waals surface area contributed by atoms with Gasteiger partial charge in [-0.15, -0.1) is 23.2 Å². The zero-order valence-corrected chi connectivity index (χ0v) is 20.1. The Balaban J connectivity index is 0.00000103. The molecule has 8 nitrogen and oxygen atoms in total. The molecule has 0 saturated carbocycles. The summed E-state index contributed by atoms with van der Waals surface area (Å²) in [5, 5.41) is 19.2. The number of carboxylic acid groups (broad SMARTS) is 2. The third-order valence-electron chi connectivity index (χ3n) is 5.75. The van der Waals surface area contributed by atoms with Crippen LogP contribution in [-0.2, 0) is 9.59 Å². The largest absolute Gasteiger partial charge is 0.481 e. The van der Waals surface area contributed by atoms with Gasteiger partial charge in [0.15, 0.2) is 0 Å². The number of carboxylic acids is 2. The number of hydrogen-bond acceptors (Lipinski definition) is 6. The predicted molar refractivity (Wildman–Crippen MR) is 120 cm³/mol. The summed E-state index contributed by atoms with van der Waals surface area (Å²) in [5.74, 6) is -3.19. The lowest BCUT2D eigenvalue weighted by atomic mass is 10.1. The fraction of sp³-hybridized carbons (Fsp3) is 0.900. The Morgan fingerprint density at radius 3 is 1.93 bits per heavy atom. The molecule has 10 heteroatoms. The van der Waals surface area contributed by atoms with Gasteiger partial charge in [0.1, 0.15) is 16.9 Å². The lowest BCUT2D eigenvalue weighted by molar-refractivity contribution is -0.146. The molecular weight excluding hydrogens is 431 g/mol. The van der Waals surface area contributed by atoms with Crippen LogP contribution in [-0.4, -0.2) is 119 Å². The van der Waals surface area contributed by atoms with Crippen molar-refractivity contribution in [3.05, 3.63) is 0 Å². The first-order chi connectivity index (χ1) is 14.1. The number of fused-ring (bicyclic) bond motifs is 3. The molecule has 6 unspecified atom stereocenters. The predicted octanol–water partition coefficient (Wildman–Crippen LogP) is 1.82. The second kappa shape index (κ2) is 13.7. The van der Waals surface area contributed by atoms with Crippen molar-refractivity contribution in [2.24, 2.45) is 11.8 Å². The third kappa shape index (κ3) is 8.48. The van der Waals surface area contributed by atoms with Crippen LogP contribution in [0.2, 0.25) is 0 Å². The van der Waals surface area contributed by atoms with Crippen molar-refractivity contribution < 1.29 is 19.8 Å². The van der Waals surface area contributed by atoms with E-state index in [0.717, 1.165) is 0 Å². The van der Waals surface area contributed by atoms with Crippen LogP contribution in [0.3, 0.4) is 0 Å². The average molecular weight is 469 g/mol. The van der Waals surface area contributed by atoms with Crippen LogP contribution >= 0.6 is 23.2 Å². The van der Waals surface area contributed by atoms with Crippen LogP contribution in [0.1, 0.15) is 26.7 Å². The Kier molecular flexibility index (Phi) is 12.5. The summed E-state index contributed by atoms with van der Waals surface area (Å²) in [6.07, 6.45) is 2.64. The van der Waals surface area contributed by atoms with Gasteiger partial charge in [-0.05, 0) is 14.1 Å². The fourth-order valence-electron chi connectivity index (χ4n) is 3.51. The standard InChI is InChI=1S/C16H28Cl2N4O4.C4H10/c1-19-3-7-22-8-6-21(10-11(9-19)15(23)24)5-4-20(2)13(17)12(14(22)18)16(25)26;1-3-4-2/h11-14H,3-10H2,1-2H3,(H,23,24)(H,25,26);3-4H2,1-2H3. The van der Waals surface area contributed by atoms with Gasteiger partial charge in [0.2, 0.25) is 0 Å². The molecule has 2 rings (SSSR count). The SMILES string of the molecule is CCCC.CN1CCN2CCN(CCN(C)C(Cl)C(C(=O)O)C2Cl)CC(C(=O)O)C1. The van der Waals surface area contributed by atoms with Crippen molar-refractivity contribution in [2.75, 3.05) is 66.5 Å². The first-order valence-electron chi connectivity index (χ1n) is 10.7. The van der Waals surface area contributed by atoms with Crippen LogP contribution in [0.4, 0.5) is 0 Å². The van der Waals surface area contributed by atoms with Gasteiger partial charge in [-0.2, -0.15) is 0 Å². The van der Waals surface area contributed by atoms with Crippen molar-refractivity contribution in [3.63, 3.8) is 0 Å². The zero-order valence-electron chi connectivity index (χ0n) is 18.6. The zero-order chi connectivity index (χ0) is 22.8. The van der Waals surface area contributed by atoms with Gasteiger partial charge < -0.3 is 15.1 Å². The van der Waals surface area contributed by atoms with E-state index in [1.807, 2.05) is 16.8 Å². The van der Waals surface area contributed by atoms with Crippen molar-refractivity contribution in [2.45, 2.75) is 37.7 Å². The van der Waals surface area contributed by atoms with E-state index >= 15 is 0 Å². The monoisotopic (exact) mass is 468 g/mol. The highest BCUT2D eigenvalue weighted by atomic mass is 35.5. The Hall–Kier alpha value is -0.640. The van der Waals surface area contributed by atoms with E-state index in [-0.39, 0.29) is 0 Å². The van der Waals surface area contributed by atoms with E-state index in [1.165, 1.54) is 12.8 Å². The molecule has 0 aliphatic carbocycles. The van der Waals surface area contributed by atoms with Crippen LogP contribution < -0.4 is 0 Å². The van der Waals surface area contributed by atoms with Gasteiger partial charge in [-0.3, -0.25) is 24.3 Å². The van der Waals surface area contributed by atoms with E-state index in [4.69, 9.17) is 23.2 Å². The molecule has 2 bridgehead atoms. The van der Waals surface area contributed by atoms with E-state index < -0.39 is 34.8 Å². The molecule has 2 heterocycles. The molecule has 0 aromatic rings. The number of halogens is 2. The Labute approximate surface area is 190 Å². The van der Waals surface area contributed by atoms with Crippen LogP contribution in [0.25, 0.3) is 0 Å². The highest BCUT2D eigenvalue weighted by Gasteiger charge is 2.40. The maximum atomic E-state index is 11.8. The van der Waals surface area contributed by atoms with Gasteiger partial charge in [-0.1, -0.05) is 26.7 Å². The molecule has 30 heavy (non-hydrogen) atoms. The van der Waals surface area contributed by atoms with Crippen LogP contribution in [0.15, 0.2) is 0 Å². The normalized spacial score (nSPS) is 34.5. The number of hydrogen-bond donors (Lipinski definition) is 2. The second-order valence-corrected chi connectivity index (χ2v) is 9.12. The number of alkyl halides is 2. The molecule has 0 radical (unpaired) electrons. The molecule has 2 N–H and O–H groups in total. The summed E-state index contributed by atoms with van der Waals surface area (Å²) in [4.78, 5) is 31.2. The molecule has 6 atom stereocenters. The van der Waals surface area contributed by atoms with E-state index in [0.29, 0.717) is 52.4 Å². The van der Waals surface area contributed by atoms with Crippen LogP contribution in [0.5, 0.6) is 0 Å². The summed E-state index contributed by atoms with van der Waals surface area (Å²) < 4.78 is 0. The first-order valence-corrected chi connectivity index (χ1v) is 11.6. The van der Waals surface area contributed by atoms with Crippen LogP contribution in [0, 0.1) is 11.8 Å². The number of nitrogens with zero attached hydrogens (tertiary/aromatic N) is 4. The maximum Gasteiger partial charge on any atom is 0.312 e. The van der Waals surface area contributed by atoms with Crippen molar-refractivity contribution in [1.29, 1.82) is 0 Å². The van der Waals surface area contributed by atoms with Crippen molar-refractivity contribution in [1.82, 2.24) is 19.6 Å². The first kappa shape index (κ1) is 27.4. The molecule has 176 valence electrons. The molecule has 0 spiro atoms. The number of aliphatic carboxylic acids is 2. The van der Waals surface area contributed by atoms with Crippen molar-refractivity contribution in [3.8, 4) is 0 Å². The van der Waals surface area contributed by atoms with E-state index in [1.54, 1.807) is 11.9 Å². The topological polar surface area (TPSA) is 87.6 Å². The summed E-state index contributed by atoms with van der Waals surface area (Å²) in [7, 11) is 3.65. The van der Waals surface area contributed by atoms with Gasteiger partial charge in [0.25, 0.3) is 0 Å². The summed E-state index contributed by atoms with van der Waals surface area (Å²) in [6, 6.07) is 0. The average Bonchev–Trinajstić information content (AvgIpc) is 2.69. The molecule has 2 fully saturated rings. The number of carbonyl (C=O) groups is 2.